The summed E-state index contributed by atoms with van der Waals surface area (Å²) in [6, 6.07) is 5.15. The monoisotopic (exact) mass is 289 g/mol. The van der Waals surface area contributed by atoms with E-state index in [9.17, 15) is 10.2 Å². The second kappa shape index (κ2) is 5.25. The first-order chi connectivity index (χ1) is 10.0. The van der Waals surface area contributed by atoms with Gasteiger partial charge in [-0.15, -0.1) is 5.10 Å². The van der Waals surface area contributed by atoms with Crippen LogP contribution in [-0.2, 0) is 0 Å². The van der Waals surface area contributed by atoms with E-state index in [-0.39, 0.29) is 11.5 Å². The minimum Gasteiger partial charge on any atom is -0.508 e. The lowest BCUT2D eigenvalue weighted by Crippen LogP contribution is -2.54. The predicted molar refractivity (Wildman–Crippen MR) is 79.4 cm³/mol. The number of rotatable bonds is 2. The van der Waals surface area contributed by atoms with Gasteiger partial charge in [0.25, 0.3) is 0 Å². The molecule has 2 aromatic rings. The lowest BCUT2D eigenvalue weighted by Gasteiger charge is -2.35. The Morgan fingerprint density at radius 1 is 1.19 bits per heavy atom. The van der Waals surface area contributed by atoms with Gasteiger partial charge in [0.05, 0.1) is 5.56 Å². The first-order valence-corrected chi connectivity index (χ1v) is 6.98. The van der Waals surface area contributed by atoms with Crippen LogP contribution in [0.1, 0.15) is 13.8 Å². The maximum absolute atomic E-state index is 9.88. The molecule has 1 aliphatic heterocycles. The summed E-state index contributed by atoms with van der Waals surface area (Å²) in [6.07, 6.45) is 0. The van der Waals surface area contributed by atoms with Crippen LogP contribution in [-0.4, -0.2) is 50.6 Å². The maximum atomic E-state index is 9.88. The molecule has 1 fully saturated rings. The molecule has 7 nitrogen and oxygen atoms in total. The molecule has 7 heteroatoms. The number of aromatic nitrogens is 3. The lowest BCUT2D eigenvalue weighted by atomic mass is 10.1. The van der Waals surface area contributed by atoms with Crippen molar-refractivity contribution in [1.82, 2.24) is 20.5 Å². The molecule has 1 saturated heterocycles. The van der Waals surface area contributed by atoms with E-state index in [1.54, 1.807) is 6.07 Å². The number of phenolic OH excluding ortho intramolecular Hbond substituents is 2. The lowest BCUT2D eigenvalue weighted by molar-refractivity contribution is 0.403. The first kappa shape index (κ1) is 13.7. The van der Waals surface area contributed by atoms with Crippen molar-refractivity contribution in [3.63, 3.8) is 0 Å². The van der Waals surface area contributed by atoms with E-state index in [0.717, 1.165) is 13.1 Å². The number of benzene rings is 1. The molecule has 0 bridgehead atoms. The summed E-state index contributed by atoms with van der Waals surface area (Å²) in [6.45, 7) is 5.93. The number of aromatic hydroxyl groups is 2. The van der Waals surface area contributed by atoms with E-state index in [0.29, 0.717) is 29.4 Å². The van der Waals surface area contributed by atoms with Crippen LogP contribution in [0.15, 0.2) is 18.2 Å². The van der Waals surface area contributed by atoms with Gasteiger partial charge in [-0.25, -0.2) is 0 Å². The highest BCUT2D eigenvalue weighted by Gasteiger charge is 2.24. The number of hydrogen-bond acceptors (Lipinski definition) is 6. The molecule has 0 amide bonds. The zero-order valence-corrected chi connectivity index (χ0v) is 12.0. The standard InChI is InChI=1S/C14H19N5O2/c1-8-6-19(7-9(2)15-8)14-16-13(17-18-14)11-4-3-10(20)5-12(11)21/h3-5,8-9,15,20-21H,6-7H2,1-2H3,(H,16,17,18). The molecule has 2 atom stereocenters. The van der Waals surface area contributed by atoms with Gasteiger partial charge in [-0.2, -0.15) is 4.98 Å². The van der Waals surface area contributed by atoms with Crippen LogP contribution in [0.25, 0.3) is 11.4 Å². The van der Waals surface area contributed by atoms with Crippen molar-refractivity contribution in [2.75, 3.05) is 18.0 Å². The topological polar surface area (TPSA) is 97.3 Å². The number of H-pyrrole nitrogens is 1. The van der Waals surface area contributed by atoms with Crippen molar-refractivity contribution in [2.24, 2.45) is 0 Å². The highest BCUT2D eigenvalue weighted by Crippen LogP contribution is 2.30. The van der Waals surface area contributed by atoms with Crippen molar-refractivity contribution in [3.8, 4) is 22.9 Å². The second-order valence-electron chi connectivity index (χ2n) is 5.56. The average Bonchev–Trinajstić information content (AvgIpc) is 2.87. The van der Waals surface area contributed by atoms with Gasteiger partial charge in [-0.05, 0) is 26.0 Å². The van der Waals surface area contributed by atoms with Crippen LogP contribution < -0.4 is 10.2 Å². The zero-order chi connectivity index (χ0) is 15.0. The minimum atomic E-state index is -0.0280. The molecule has 0 saturated carbocycles. The molecule has 112 valence electrons. The fourth-order valence-corrected chi connectivity index (χ4v) is 2.73. The quantitative estimate of drug-likeness (QED) is 0.660. The van der Waals surface area contributed by atoms with E-state index >= 15 is 0 Å². The maximum Gasteiger partial charge on any atom is 0.245 e. The zero-order valence-electron chi connectivity index (χ0n) is 12.0. The largest absolute Gasteiger partial charge is 0.508 e. The number of hydrogen-bond donors (Lipinski definition) is 4. The third-order valence-corrected chi connectivity index (χ3v) is 3.55. The van der Waals surface area contributed by atoms with Crippen LogP contribution in [0.2, 0.25) is 0 Å². The van der Waals surface area contributed by atoms with Crippen LogP contribution in [0.5, 0.6) is 11.5 Å². The van der Waals surface area contributed by atoms with Gasteiger partial charge in [0, 0.05) is 31.2 Å². The fourth-order valence-electron chi connectivity index (χ4n) is 2.73. The van der Waals surface area contributed by atoms with Crippen LogP contribution in [0.3, 0.4) is 0 Å². The molecule has 0 radical (unpaired) electrons. The van der Waals surface area contributed by atoms with E-state index in [1.807, 2.05) is 0 Å². The predicted octanol–water partition coefficient (Wildman–Crippen LogP) is 1.07. The molecular weight excluding hydrogens is 270 g/mol. The molecule has 0 spiro atoms. The van der Waals surface area contributed by atoms with Gasteiger partial charge in [0.15, 0.2) is 5.82 Å². The van der Waals surface area contributed by atoms with Crippen LogP contribution in [0.4, 0.5) is 5.95 Å². The SMILES string of the molecule is CC1CN(c2n[nH]c(-c3ccc(O)cc3O)n2)CC(C)N1. The van der Waals surface area contributed by atoms with E-state index in [1.165, 1.54) is 12.1 Å². The molecular formula is C14H19N5O2. The molecule has 21 heavy (non-hydrogen) atoms. The summed E-state index contributed by atoms with van der Waals surface area (Å²) < 4.78 is 0. The Bertz CT molecular complexity index is 632. The fraction of sp³-hybridized carbons (Fsp3) is 0.429. The summed E-state index contributed by atoms with van der Waals surface area (Å²) in [7, 11) is 0. The first-order valence-electron chi connectivity index (χ1n) is 6.98. The summed E-state index contributed by atoms with van der Waals surface area (Å²) in [5.41, 5.74) is 0.516. The van der Waals surface area contributed by atoms with Gasteiger partial charge in [0.2, 0.25) is 5.95 Å². The average molecular weight is 289 g/mol. The van der Waals surface area contributed by atoms with Gasteiger partial charge in [0.1, 0.15) is 11.5 Å². The Kier molecular flexibility index (Phi) is 3.42. The van der Waals surface area contributed by atoms with Gasteiger partial charge >= 0.3 is 0 Å². The molecule has 1 aliphatic rings. The molecule has 2 unspecified atom stereocenters. The number of aromatic amines is 1. The molecule has 1 aromatic carbocycles. The Morgan fingerprint density at radius 2 is 1.90 bits per heavy atom. The van der Waals surface area contributed by atoms with Crippen molar-refractivity contribution in [1.29, 1.82) is 0 Å². The Labute approximate surface area is 122 Å². The number of nitrogens with zero attached hydrogens (tertiary/aromatic N) is 3. The van der Waals surface area contributed by atoms with Crippen molar-refractivity contribution >= 4 is 5.95 Å². The van der Waals surface area contributed by atoms with Crippen LogP contribution >= 0.6 is 0 Å². The van der Waals surface area contributed by atoms with Gasteiger partial charge in [-0.1, -0.05) is 0 Å². The second-order valence-corrected chi connectivity index (χ2v) is 5.56. The molecule has 2 heterocycles. The third-order valence-electron chi connectivity index (χ3n) is 3.55. The van der Waals surface area contributed by atoms with Crippen molar-refractivity contribution in [3.05, 3.63) is 18.2 Å². The molecule has 1 aromatic heterocycles. The molecule has 0 aliphatic carbocycles. The van der Waals surface area contributed by atoms with Crippen molar-refractivity contribution in [2.45, 2.75) is 25.9 Å². The smallest absolute Gasteiger partial charge is 0.245 e. The van der Waals surface area contributed by atoms with E-state index in [4.69, 9.17) is 0 Å². The number of piperazine rings is 1. The van der Waals surface area contributed by atoms with Gasteiger partial charge in [-0.3, -0.25) is 5.10 Å². The van der Waals surface area contributed by atoms with E-state index in [2.05, 4.69) is 39.2 Å². The van der Waals surface area contributed by atoms with E-state index < -0.39 is 0 Å². The number of anilines is 1. The minimum absolute atomic E-state index is 0.0146. The highest BCUT2D eigenvalue weighted by atomic mass is 16.3. The Balaban J connectivity index is 1.86. The Morgan fingerprint density at radius 3 is 2.57 bits per heavy atom. The summed E-state index contributed by atoms with van der Waals surface area (Å²) in [5, 5.41) is 29.7. The Hall–Kier alpha value is -2.28. The summed E-state index contributed by atoms with van der Waals surface area (Å²) in [5.74, 6) is 1.10. The van der Waals surface area contributed by atoms with Crippen molar-refractivity contribution < 1.29 is 10.2 Å². The normalized spacial score (nSPS) is 22.5. The highest BCUT2D eigenvalue weighted by molar-refractivity contribution is 5.65. The van der Waals surface area contributed by atoms with Gasteiger partial charge < -0.3 is 20.4 Å². The molecule has 4 N–H and O–H groups in total. The number of nitrogens with one attached hydrogen (secondary N) is 2. The molecule has 3 rings (SSSR count). The third kappa shape index (κ3) is 2.78. The summed E-state index contributed by atoms with van der Waals surface area (Å²) >= 11 is 0. The van der Waals surface area contributed by atoms with Crippen LogP contribution in [0, 0.1) is 0 Å². The summed E-state index contributed by atoms with van der Waals surface area (Å²) in [4.78, 5) is 6.57. The number of phenols is 2.